The van der Waals surface area contributed by atoms with Crippen molar-refractivity contribution in [2.45, 2.75) is 40.0 Å². The summed E-state index contributed by atoms with van der Waals surface area (Å²) in [5.74, 6) is 0.452. The van der Waals surface area contributed by atoms with Gasteiger partial charge in [-0.05, 0) is 84.8 Å². The lowest BCUT2D eigenvalue weighted by Gasteiger charge is -2.34. The minimum absolute atomic E-state index is 0.0246. The van der Waals surface area contributed by atoms with E-state index >= 15 is 0 Å². The maximum absolute atomic E-state index is 13.7. The standard InChI is InChI=1S/C30H29N5O3S/c1-29(2)20-15-16-30(29,3)26(18-20)31-32-28-34(22-8-5-4-6-9-22)27(36)25(39-28)19-24-10-7-17-33(24)21-11-13-23(14-12-21)35(37)38/h4-14,17,19-20H,15-16,18H2,1-3H3/b25-19-,31-26+,32-28+. The zero-order chi connectivity index (χ0) is 27.4. The van der Waals surface area contributed by atoms with Gasteiger partial charge in [-0.2, -0.15) is 5.10 Å². The highest BCUT2D eigenvalue weighted by Gasteiger charge is 2.60. The van der Waals surface area contributed by atoms with E-state index in [-0.39, 0.29) is 22.4 Å². The molecule has 1 saturated heterocycles. The van der Waals surface area contributed by atoms with Crippen molar-refractivity contribution in [3.05, 3.63) is 93.6 Å². The van der Waals surface area contributed by atoms with Crippen LogP contribution in [0.3, 0.4) is 0 Å². The monoisotopic (exact) mass is 539 g/mol. The topological polar surface area (TPSA) is 93.1 Å². The number of aromatic nitrogens is 1. The molecule has 0 N–H and O–H groups in total. The van der Waals surface area contributed by atoms with Crippen molar-refractivity contribution in [1.82, 2.24) is 4.57 Å². The number of amides is 1. The predicted octanol–water partition coefficient (Wildman–Crippen LogP) is 7.06. The van der Waals surface area contributed by atoms with E-state index in [4.69, 9.17) is 10.2 Å². The van der Waals surface area contributed by atoms with Crippen LogP contribution in [0.25, 0.3) is 11.8 Å². The van der Waals surface area contributed by atoms with Gasteiger partial charge in [-0.3, -0.25) is 19.8 Å². The highest BCUT2D eigenvalue weighted by Crippen LogP contribution is 2.64. The second-order valence-electron chi connectivity index (χ2n) is 11.1. The number of fused-ring (bicyclic) bond motifs is 2. The second-order valence-corrected chi connectivity index (χ2v) is 12.1. The molecule has 1 aliphatic heterocycles. The molecule has 8 nitrogen and oxygen atoms in total. The van der Waals surface area contributed by atoms with Crippen molar-refractivity contribution in [2.24, 2.45) is 27.0 Å². The van der Waals surface area contributed by atoms with Gasteiger partial charge < -0.3 is 4.57 Å². The van der Waals surface area contributed by atoms with E-state index in [1.54, 1.807) is 17.0 Å². The van der Waals surface area contributed by atoms with Crippen LogP contribution in [0, 0.1) is 26.9 Å². The van der Waals surface area contributed by atoms with E-state index in [9.17, 15) is 14.9 Å². The summed E-state index contributed by atoms with van der Waals surface area (Å²) in [7, 11) is 0. The molecule has 2 saturated carbocycles. The molecule has 1 aromatic heterocycles. The van der Waals surface area contributed by atoms with Gasteiger partial charge >= 0.3 is 0 Å². The first-order chi connectivity index (χ1) is 18.7. The van der Waals surface area contributed by atoms with Crippen LogP contribution in [0.4, 0.5) is 11.4 Å². The summed E-state index contributed by atoms with van der Waals surface area (Å²) in [5.41, 5.74) is 3.66. The van der Waals surface area contributed by atoms with Crippen molar-refractivity contribution in [1.29, 1.82) is 0 Å². The lowest BCUT2D eigenvalue weighted by molar-refractivity contribution is -0.384. The molecule has 9 heteroatoms. The summed E-state index contributed by atoms with van der Waals surface area (Å²) in [4.78, 5) is 26.5. The molecule has 2 atom stereocenters. The fraction of sp³-hybridized carbons (Fsp3) is 0.300. The van der Waals surface area contributed by atoms with E-state index in [0.717, 1.165) is 35.6 Å². The number of non-ortho nitro benzene ring substituents is 1. The summed E-state index contributed by atoms with van der Waals surface area (Å²) in [5, 5.41) is 21.1. The Hall–Kier alpha value is -3.98. The third-order valence-electron chi connectivity index (χ3n) is 8.99. The Morgan fingerprint density at radius 3 is 2.38 bits per heavy atom. The summed E-state index contributed by atoms with van der Waals surface area (Å²) in [6.07, 6.45) is 7.00. The predicted molar refractivity (Wildman–Crippen MR) is 156 cm³/mol. The fourth-order valence-corrected chi connectivity index (χ4v) is 7.06. The van der Waals surface area contributed by atoms with E-state index < -0.39 is 4.92 Å². The molecule has 2 heterocycles. The molecule has 6 rings (SSSR count). The van der Waals surface area contributed by atoms with Crippen molar-refractivity contribution in [3.63, 3.8) is 0 Å². The number of amidine groups is 1. The van der Waals surface area contributed by atoms with Gasteiger partial charge in [0.2, 0.25) is 5.17 Å². The Bertz CT molecular complexity index is 1550. The number of hydrogen-bond donors (Lipinski definition) is 0. The molecule has 0 spiro atoms. The van der Waals surface area contributed by atoms with Crippen LogP contribution in [-0.4, -0.2) is 26.3 Å². The van der Waals surface area contributed by atoms with Crippen molar-refractivity contribution in [2.75, 3.05) is 4.90 Å². The number of nitrogens with zero attached hydrogens (tertiary/aromatic N) is 5. The first kappa shape index (κ1) is 25.3. The van der Waals surface area contributed by atoms with Crippen molar-refractivity contribution >= 4 is 46.0 Å². The number of anilines is 1. The molecule has 3 aliphatic rings. The molecule has 2 aliphatic carbocycles. The third-order valence-corrected chi connectivity index (χ3v) is 9.95. The third kappa shape index (κ3) is 4.12. The molecule has 39 heavy (non-hydrogen) atoms. The van der Waals surface area contributed by atoms with Gasteiger partial charge in [0.25, 0.3) is 11.6 Å². The molecule has 3 aromatic rings. The molecule has 1 amide bonds. The first-order valence-electron chi connectivity index (χ1n) is 13.1. The Morgan fingerprint density at radius 2 is 1.74 bits per heavy atom. The van der Waals surface area contributed by atoms with Crippen LogP contribution in [-0.2, 0) is 4.79 Å². The van der Waals surface area contributed by atoms with Gasteiger partial charge in [-0.1, -0.05) is 39.0 Å². The average molecular weight is 540 g/mol. The number of para-hydroxylation sites is 1. The number of nitro groups is 1. The molecular formula is C30H29N5O3S. The average Bonchev–Trinajstić information content (AvgIpc) is 3.62. The van der Waals surface area contributed by atoms with Crippen LogP contribution < -0.4 is 4.90 Å². The maximum Gasteiger partial charge on any atom is 0.271 e. The summed E-state index contributed by atoms with van der Waals surface area (Å²) >= 11 is 1.31. The van der Waals surface area contributed by atoms with Crippen LogP contribution in [0.1, 0.15) is 45.7 Å². The molecule has 2 bridgehead atoms. The Labute approximate surface area is 231 Å². The lowest BCUT2D eigenvalue weighted by atomic mass is 9.70. The van der Waals surface area contributed by atoms with Gasteiger partial charge in [0.1, 0.15) is 0 Å². The van der Waals surface area contributed by atoms with E-state index in [2.05, 4.69) is 20.8 Å². The zero-order valence-corrected chi connectivity index (χ0v) is 22.9. The minimum atomic E-state index is -0.420. The molecule has 198 valence electrons. The van der Waals surface area contributed by atoms with Crippen LogP contribution in [0.5, 0.6) is 0 Å². The van der Waals surface area contributed by atoms with Crippen LogP contribution in [0.2, 0.25) is 0 Å². The van der Waals surface area contributed by atoms with Gasteiger partial charge in [0.05, 0.1) is 15.5 Å². The van der Waals surface area contributed by atoms with Crippen molar-refractivity contribution in [3.8, 4) is 5.69 Å². The molecule has 2 unspecified atom stereocenters. The zero-order valence-electron chi connectivity index (χ0n) is 22.1. The number of carbonyl (C=O) groups is 1. The van der Waals surface area contributed by atoms with E-state index in [1.165, 1.54) is 30.3 Å². The fourth-order valence-electron chi connectivity index (χ4n) is 6.14. The number of hydrogen-bond acceptors (Lipinski definition) is 6. The van der Waals surface area contributed by atoms with Gasteiger partial charge in [-0.25, -0.2) is 0 Å². The van der Waals surface area contributed by atoms with Gasteiger partial charge in [0.15, 0.2) is 0 Å². The summed E-state index contributed by atoms with van der Waals surface area (Å²) < 4.78 is 1.89. The van der Waals surface area contributed by atoms with Gasteiger partial charge in [-0.15, -0.1) is 5.10 Å². The normalized spacial score (nSPS) is 26.8. The molecule has 3 fully saturated rings. The smallest absolute Gasteiger partial charge is 0.271 e. The Balaban J connectivity index is 1.36. The van der Waals surface area contributed by atoms with E-state index in [1.807, 2.05) is 59.3 Å². The highest BCUT2D eigenvalue weighted by molar-refractivity contribution is 8.19. The molecular weight excluding hydrogens is 510 g/mol. The quantitative estimate of drug-likeness (QED) is 0.197. The largest absolute Gasteiger partial charge is 0.317 e. The van der Waals surface area contributed by atoms with Gasteiger partial charge in [0, 0.05) is 40.8 Å². The summed E-state index contributed by atoms with van der Waals surface area (Å²) in [6.45, 7) is 6.98. The van der Waals surface area contributed by atoms with Crippen molar-refractivity contribution < 1.29 is 9.72 Å². The second kappa shape index (κ2) is 9.34. The van der Waals surface area contributed by atoms with E-state index in [0.29, 0.717) is 16.0 Å². The number of thioether (sulfide) groups is 1. The maximum atomic E-state index is 13.7. The van der Waals surface area contributed by atoms with Crippen LogP contribution in [0.15, 0.2) is 88.0 Å². The minimum Gasteiger partial charge on any atom is -0.317 e. The summed E-state index contributed by atoms with van der Waals surface area (Å²) in [6, 6.07) is 19.6. The molecule has 0 radical (unpaired) electrons. The van der Waals surface area contributed by atoms with Crippen LogP contribution >= 0.6 is 11.8 Å². The lowest BCUT2D eigenvalue weighted by Crippen LogP contribution is -2.32. The number of carbonyl (C=O) groups excluding carboxylic acids is 1. The SMILES string of the molecule is CC12CCC(C/C1=N\N=C1\S/C(=C\c3cccn3-c3ccc([N+](=O)[O-])cc3)C(=O)N1c1ccccc1)C2(C)C. The number of nitro benzene ring substituents is 1. The Morgan fingerprint density at radius 1 is 1.00 bits per heavy atom. The number of benzene rings is 2. The highest BCUT2D eigenvalue weighted by atomic mass is 32.2. The number of rotatable bonds is 5. The first-order valence-corrected chi connectivity index (χ1v) is 13.9. The Kier molecular flexibility index (Phi) is 6.06. The molecule has 2 aromatic carbocycles.